The standard InChI is InChI=1S/C9H13F3/c1-3-7(2)6-9(12)8(11)4-5-10/h4,6-7H,3,5H2,1-2H3. The fourth-order valence-corrected chi connectivity index (χ4v) is 0.612. The SMILES string of the molecule is CCC(C)C=C(F)C(F)=CCF. The minimum absolute atomic E-state index is 0.0243. The third kappa shape index (κ3) is 4.21. The van der Waals surface area contributed by atoms with Crippen LogP contribution in [-0.2, 0) is 0 Å². The Bertz CT molecular complexity index is 182. The van der Waals surface area contributed by atoms with Gasteiger partial charge in [-0.15, -0.1) is 0 Å². The van der Waals surface area contributed by atoms with Crippen molar-refractivity contribution in [1.82, 2.24) is 0 Å². The fourth-order valence-electron chi connectivity index (χ4n) is 0.612. The van der Waals surface area contributed by atoms with E-state index >= 15 is 0 Å². The summed E-state index contributed by atoms with van der Waals surface area (Å²) in [5.74, 6) is -2.11. The Morgan fingerprint density at radius 2 is 1.92 bits per heavy atom. The molecule has 0 fully saturated rings. The number of rotatable bonds is 4. The lowest BCUT2D eigenvalue weighted by molar-refractivity contribution is 0.507. The normalized spacial score (nSPS) is 16.4. The van der Waals surface area contributed by atoms with Crippen molar-refractivity contribution in [3.63, 3.8) is 0 Å². The summed E-state index contributed by atoms with van der Waals surface area (Å²) in [6.07, 6.45) is 2.46. The predicted octanol–water partition coefficient (Wildman–Crippen LogP) is 3.71. The first-order chi connectivity index (χ1) is 5.61. The van der Waals surface area contributed by atoms with E-state index in [4.69, 9.17) is 0 Å². The van der Waals surface area contributed by atoms with Crippen molar-refractivity contribution in [2.75, 3.05) is 6.67 Å². The molecule has 12 heavy (non-hydrogen) atoms. The van der Waals surface area contributed by atoms with Gasteiger partial charge in [0.15, 0.2) is 11.7 Å². The minimum Gasteiger partial charge on any atom is -0.246 e. The smallest absolute Gasteiger partial charge is 0.157 e. The molecule has 0 aromatic carbocycles. The van der Waals surface area contributed by atoms with Gasteiger partial charge in [-0.1, -0.05) is 13.8 Å². The monoisotopic (exact) mass is 178 g/mol. The van der Waals surface area contributed by atoms with Gasteiger partial charge in [0.05, 0.1) is 0 Å². The van der Waals surface area contributed by atoms with E-state index in [1.807, 2.05) is 6.92 Å². The molecule has 3 heteroatoms. The number of allylic oxidation sites excluding steroid dienone is 4. The highest BCUT2D eigenvalue weighted by Gasteiger charge is 2.04. The van der Waals surface area contributed by atoms with Crippen LogP contribution in [0.4, 0.5) is 13.2 Å². The largest absolute Gasteiger partial charge is 0.246 e. The van der Waals surface area contributed by atoms with E-state index in [9.17, 15) is 13.2 Å². The van der Waals surface area contributed by atoms with Crippen molar-refractivity contribution < 1.29 is 13.2 Å². The van der Waals surface area contributed by atoms with Gasteiger partial charge >= 0.3 is 0 Å². The van der Waals surface area contributed by atoms with Crippen molar-refractivity contribution in [3.05, 3.63) is 23.8 Å². The topological polar surface area (TPSA) is 0 Å². The van der Waals surface area contributed by atoms with E-state index in [2.05, 4.69) is 0 Å². The van der Waals surface area contributed by atoms with Crippen LogP contribution in [0.2, 0.25) is 0 Å². The maximum atomic E-state index is 12.7. The van der Waals surface area contributed by atoms with Crippen molar-refractivity contribution in [2.24, 2.45) is 5.92 Å². The van der Waals surface area contributed by atoms with Gasteiger partial charge in [0.1, 0.15) is 6.67 Å². The van der Waals surface area contributed by atoms with Crippen LogP contribution in [-0.4, -0.2) is 6.67 Å². The molecule has 1 atom stereocenters. The summed E-state index contributed by atoms with van der Waals surface area (Å²) in [4.78, 5) is 0. The lowest BCUT2D eigenvalue weighted by Gasteiger charge is -2.00. The molecule has 0 aliphatic rings. The zero-order chi connectivity index (χ0) is 9.56. The lowest BCUT2D eigenvalue weighted by Crippen LogP contribution is -1.88. The summed E-state index contributed by atoms with van der Waals surface area (Å²) in [7, 11) is 0. The Balaban J connectivity index is 4.26. The van der Waals surface area contributed by atoms with Crippen LogP contribution >= 0.6 is 0 Å². The molecule has 0 saturated heterocycles. The maximum absolute atomic E-state index is 12.7. The molecule has 0 aliphatic carbocycles. The highest BCUT2D eigenvalue weighted by atomic mass is 19.2. The van der Waals surface area contributed by atoms with Gasteiger partial charge in [-0.3, -0.25) is 0 Å². The second-order valence-electron chi connectivity index (χ2n) is 2.61. The van der Waals surface area contributed by atoms with Crippen molar-refractivity contribution in [2.45, 2.75) is 20.3 Å². The van der Waals surface area contributed by atoms with E-state index in [-0.39, 0.29) is 5.92 Å². The van der Waals surface area contributed by atoms with Crippen LogP contribution in [0.5, 0.6) is 0 Å². The third-order valence-corrected chi connectivity index (χ3v) is 1.56. The van der Waals surface area contributed by atoms with Crippen LogP contribution in [0.1, 0.15) is 20.3 Å². The quantitative estimate of drug-likeness (QED) is 0.575. The number of alkyl halides is 1. The molecule has 0 heterocycles. The summed E-state index contributed by atoms with van der Waals surface area (Å²) >= 11 is 0. The second kappa shape index (κ2) is 5.86. The van der Waals surface area contributed by atoms with E-state index in [1.165, 1.54) is 0 Å². The maximum Gasteiger partial charge on any atom is 0.157 e. The molecular weight excluding hydrogens is 165 g/mol. The highest BCUT2D eigenvalue weighted by molar-refractivity contribution is 5.19. The van der Waals surface area contributed by atoms with E-state index in [0.29, 0.717) is 6.08 Å². The van der Waals surface area contributed by atoms with Gasteiger partial charge in [0, 0.05) is 0 Å². The van der Waals surface area contributed by atoms with Crippen LogP contribution in [0.15, 0.2) is 23.8 Å². The average Bonchev–Trinajstić information content (AvgIpc) is 2.04. The zero-order valence-electron chi connectivity index (χ0n) is 7.28. The summed E-state index contributed by atoms with van der Waals surface area (Å²) in [5, 5.41) is 0. The molecule has 0 aliphatic heterocycles. The van der Waals surface area contributed by atoms with Crippen LogP contribution in [0.3, 0.4) is 0 Å². The average molecular weight is 178 g/mol. The van der Waals surface area contributed by atoms with Gasteiger partial charge in [0.2, 0.25) is 0 Å². The number of hydrogen-bond donors (Lipinski definition) is 0. The Labute approximate surface area is 70.8 Å². The molecule has 0 nitrogen and oxygen atoms in total. The zero-order valence-corrected chi connectivity index (χ0v) is 7.28. The molecule has 0 spiro atoms. The van der Waals surface area contributed by atoms with Gasteiger partial charge in [-0.25, -0.2) is 13.2 Å². The molecule has 1 unspecified atom stereocenters. The van der Waals surface area contributed by atoms with E-state index < -0.39 is 18.3 Å². The Morgan fingerprint density at radius 3 is 2.33 bits per heavy atom. The van der Waals surface area contributed by atoms with Gasteiger partial charge < -0.3 is 0 Å². The Morgan fingerprint density at radius 1 is 1.33 bits per heavy atom. The molecule has 0 aromatic heterocycles. The molecule has 0 N–H and O–H groups in total. The van der Waals surface area contributed by atoms with Crippen LogP contribution in [0, 0.1) is 5.92 Å². The molecule has 0 radical (unpaired) electrons. The van der Waals surface area contributed by atoms with E-state index in [0.717, 1.165) is 12.5 Å². The van der Waals surface area contributed by atoms with Crippen molar-refractivity contribution in [3.8, 4) is 0 Å². The predicted molar refractivity (Wildman–Crippen MR) is 43.8 cm³/mol. The first-order valence-electron chi connectivity index (χ1n) is 3.91. The van der Waals surface area contributed by atoms with Crippen LogP contribution in [0.25, 0.3) is 0 Å². The van der Waals surface area contributed by atoms with Gasteiger partial charge in [0.25, 0.3) is 0 Å². The third-order valence-electron chi connectivity index (χ3n) is 1.56. The molecule has 0 rings (SSSR count). The molecule has 0 bridgehead atoms. The fraction of sp³-hybridized carbons (Fsp3) is 0.556. The van der Waals surface area contributed by atoms with Gasteiger partial charge in [-0.2, -0.15) is 0 Å². The Hall–Kier alpha value is -0.730. The van der Waals surface area contributed by atoms with E-state index in [1.54, 1.807) is 6.92 Å². The highest BCUT2D eigenvalue weighted by Crippen LogP contribution is 2.16. The van der Waals surface area contributed by atoms with Crippen LogP contribution < -0.4 is 0 Å². The molecule has 70 valence electrons. The molecule has 0 amide bonds. The number of hydrogen-bond acceptors (Lipinski definition) is 0. The first-order valence-corrected chi connectivity index (χ1v) is 3.91. The second-order valence-corrected chi connectivity index (χ2v) is 2.61. The first kappa shape index (κ1) is 11.3. The van der Waals surface area contributed by atoms with Gasteiger partial charge in [-0.05, 0) is 24.5 Å². The molecule has 0 saturated carbocycles. The molecule has 0 aromatic rings. The van der Waals surface area contributed by atoms with Crippen molar-refractivity contribution >= 4 is 0 Å². The van der Waals surface area contributed by atoms with Crippen molar-refractivity contribution in [1.29, 1.82) is 0 Å². The summed E-state index contributed by atoms with van der Waals surface area (Å²) < 4.78 is 36.7. The minimum atomic E-state index is -1.11. The number of halogens is 3. The Kier molecular flexibility index (Phi) is 5.51. The summed E-state index contributed by atoms with van der Waals surface area (Å²) in [5.41, 5.74) is 0. The molecular formula is C9H13F3. The summed E-state index contributed by atoms with van der Waals surface area (Å²) in [6.45, 7) is 2.65. The summed E-state index contributed by atoms with van der Waals surface area (Å²) in [6, 6.07) is 0. The lowest BCUT2D eigenvalue weighted by atomic mass is 10.1.